The smallest absolute Gasteiger partial charge is 0.115 e. The molecular formula is C12H4Cl12. The third kappa shape index (κ3) is 2.86. The summed E-state index contributed by atoms with van der Waals surface area (Å²) in [6.45, 7) is 0. The van der Waals surface area contributed by atoms with Crippen molar-refractivity contribution in [2.24, 2.45) is 0 Å². The molecule has 0 nitrogen and oxygen atoms in total. The molecule has 136 valence electrons. The van der Waals surface area contributed by atoms with Crippen molar-refractivity contribution in [3.8, 4) is 0 Å². The van der Waals surface area contributed by atoms with Gasteiger partial charge in [-0.15, -0.1) is 46.4 Å². The van der Waals surface area contributed by atoms with Gasteiger partial charge in [0.25, 0.3) is 0 Å². The van der Waals surface area contributed by atoms with Gasteiger partial charge >= 0.3 is 0 Å². The molecule has 0 saturated carbocycles. The fraction of sp³-hybridized carbons (Fsp3) is 0.500. The molecule has 0 bridgehead atoms. The van der Waals surface area contributed by atoms with Crippen LogP contribution in [0.1, 0.15) is 0 Å². The van der Waals surface area contributed by atoms with E-state index in [2.05, 4.69) is 0 Å². The van der Waals surface area contributed by atoms with Gasteiger partial charge in [0.15, 0.2) is 8.67 Å². The third-order valence-electron chi connectivity index (χ3n) is 3.73. The number of rotatable bonds is 1. The van der Waals surface area contributed by atoms with Crippen LogP contribution in [0.25, 0.3) is 0 Å². The van der Waals surface area contributed by atoms with Crippen molar-refractivity contribution in [2.75, 3.05) is 0 Å². The van der Waals surface area contributed by atoms with Crippen molar-refractivity contribution >= 4 is 139 Å². The van der Waals surface area contributed by atoms with Crippen LogP contribution in [0.2, 0.25) is 0 Å². The molecule has 0 radical (unpaired) electrons. The molecule has 0 spiro atoms. The zero-order valence-electron chi connectivity index (χ0n) is 10.8. The van der Waals surface area contributed by atoms with E-state index in [-0.39, 0.29) is 20.1 Å². The summed E-state index contributed by atoms with van der Waals surface area (Å²) in [4.78, 5) is -3.89. The summed E-state index contributed by atoms with van der Waals surface area (Å²) < 4.78 is -4.10. The lowest BCUT2D eigenvalue weighted by atomic mass is 9.77. The summed E-state index contributed by atoms with van der Waals surface area (Å²) in [5.41, 5.74) is 0. The first-order valence-corrected chi connectivity index (χ1v) is 10.6. The highest BCUT2D eigenvalue weighted by Crippen LogP contribution is 2.67. The summed E-state index contributed by atoms with van der Waals surface area (Å²) in [5.74, 6) is 0. The molecule has 2 aliphatic carbocycles. The highest BCUT2D eigenvalue weighted by molar-refractivity contribution is 6.69. The topological polar surface area (TPSA) is 0 Å². The van der Waals surface area contributed by atoms with Crippen molar-refractivity contribution in [3.63, 3.8) is 0 Å². The Hall–Kier alpha value is 2.70. The minimum Gasteiger partial charge on any atom is -0.115 e. The van der Waals surface area contributed by atoms with Gasteiger partial charge in [-0.25, -0.2) is 0 Å². The van der Waals surface area contributed by atoms with Gasteiger partial charge in [0.1, 0.15) is 9.75 Å². The van der Waals surface area contributed by atoms with E-state index in [4.69, 9.17) is 139 Å². The van der Waals surface area contributed by atoms with Crippen LogP contribution in [-0.2, 0) is 0 Å². The molecule has 0 amide bonds. The highest BCUT2D eigenvalue weighted by atomic mass is 35.5. The maximum Gasteiger partial charge on any atom is 0.177 e. The second-order valence-corrected chi connectivity index (χ2v) is 11.4. The SMILES string of the molecule is ClC1=C(Cl)C(Cl)C(Cl)(C2(Cl)C=CC(Cl)C(Cl)(Cl)C2(Cl)Cl)C(Cl)=C1Cl. The molecule has 2 rings (SSSR count). The van der Waals surface area contributed by atoms with E-state index >= 15 is 0 Å². The van der Waals surface area contributed by atoms with Crippen molar-refractivity contribution in [3.05, 3.63) is 32.3 Å². The molecule has 0 heterocycles. The Labute approximate surface area is 198 Å². The molecule has 0 N–H and O–H groups in total. The first-order valence-electron chi connectivity index (χ1n) is 5.90. The fourth-order valence-electron chi connectivity index (χ4n) is 2.31. The number of allylic oxidation sites excluding steroid dienone is 6. The molecule has 0 fully saturated rings. The van der Waals surface area contributed by atoms with Crippen LogP contribution < -0.4 is 0 Å². The largest absolute Gasteiger partial charge is 0.177 e. The zero-order valence-corrected chi connectivity index (χ0v) is 19.9. The van der Waals surface area contributed by atoms with Crippen LogP contribution >= 0.6 is 139 Å². The number of alkyl halides is 8. The molecule has 0 aromatic rings. The molecule has 4 unspecified atom stereocenters. The van der Waals surface area contributed by atoms with E-state index in [1.165, 1.54) is 12.2 Å². The number of hydrogen-bond acceptors (Lipinski definition) is 0. The predicted octanol–water partition coefficient (Wildman–Crippen LogP) is 8.47. The van der Waals surface area contributed by atoms with Crippen molar-refractivity contribution in [1.29, 1.82) is 0 Å². The minimum absolute atomic E-state index is 0.0763. The van der Waals surface area contributed by atoms with E-state index in [1.807, 2.05) is 0 Å². The Morgan fingerprint density at radius 2 is 1.29 bits per heavy atom. The monoisotopic (exact) mass is 568 g/mol. The van der Waals surface area contributed by atoms with Crippen LogP contribution in [0, 0.1) is 0 Å². The second kappa shape index (κ2) is 7.19. The molecule has 24 heavy (non-hydrogen) atoms. The summed E-state index contributed by atoms with van der Waals surface area (Å²) >= 11 is 75.8. The van der Waals surface area contributed by atoms with Gasteiger partial charge in [0.2, 0.25) is 0 Å². The molecular weight excluding hydrogens is 570 g/mol. The molecule has 4 atom stereocenters. The summed E-state index contributed by atoms with van der Waals surface area (Å²) in [7, 11) is 0. The van der Waals surface area contributed by atoms with Gasteiger partial charge < -0.3 is 0 Å². The number of hydrogen-bond donors (Lipinski definition) is 0. The lowest BCUT2D eigenvalue weighted by molar-refractivity contribution is 0.437. The molecule has 0 saturated heterocycles. The van der Waals surface area contributed by atoms with Crippen molar-refractivity contribution < 1.29 is 0 Å². The van der Waals surface area contributed by atoms with Crippen LogP contribution in [-0.4, -0.2) is 29.2 Å². The average Bonchev–Trinajstić information content (AvgIpc) is 2.52. The van der Waals surface area contributed by atoms with Gasteiger partial charge in [0, 0.05) is 0 Å². The Morgan fingerprint density at radius 3 is 1.79 bits per heavy atom. The van der Waals surface area contributed by atoms with Crippen LogP contribution in [0.15, 0.2) is 32.3 Å². The Morgan fingerprint density at radius 1 is 0.792 bits per heavy atom. The Kier molecular flexibility index (Phi) is 6.88. The van der Waals surface area contributed by atoms with Gasteiger partial charge in [-0.1, -0.05) is 105 Å². The van der Waals surface area contributed by atoms with E-state index in [0.29, 0.717) is 0 Å². The second-order valence-electron chi connectivity index (χ2n) is 5.03. The van der Waals surface area contributed by atoms with Gasteiger partial charge in [-0.2, -0.15) is 0 Å². The lowest BCUT2D eigenvalue weighted by Crippen LogP contribution is -2.69. The van der Waals surface area contributed by atoms with Gasteiger partial charge in [-0.3, -0.25) is 0 Å². The van der Waals surface area contributed by atoms with Crippen LogP contribution in [0.4, 0.5) is 0 Å². The van der Waals surface area contributed by atoms with E-state index in [1.54, 1.807) is 0 Å². The molecule has 0 aliphatic heterocycles. The average molecular weight is 574 g/mol. The summed E-state index contributed by atoms with van der Waals surface area (Å²) in [5, 5.41) is -2.78. The normalized spacial score (nSPS) is 41.8. The molecule has 0 aromatic heterocycles. The van der Waals surface area contributed by atoms with Crippen molar-refractivity contribution in [2.45, 2.75) is 29.2 Å². The standard InChI is InChI=1S/C12H4Cl12/c13-3-1-2-9(19,12(23,24)11(3,21)22)10(20)7(17)5(15)4(14)6(16)8(10)18/h1-3,7H. The van der Waals surface area contributed by atoms with Gasteiger partial charge in [0.05, 0.1) is 30.9 Å². The molecule has 12 heteroatoms. The first-order chi connectivity index (χ1) is 10.7. The predicted molar refractivity (Wildman–Crippen MR) is 112 cm³/mol. The Bertz CT molecular complexity index is 661. The van der Waals surface area contributed by atoms with Gasteiger partial charge in [-0.05, 0) is 0 Å². The Balaban J connectivity index is 2.80. The quantitative estimate of drug-likeness (QED) is 0.218. The van der Waals surface area contributed by atoms with E-state index in [0.717, 1.165) is 0 Å². The van der Waals surface area contributed by atoms with Crippen LogP contribution in [0.3, 0.4) is 0 Å². The number of halogens is 12. The zero-order chi connectivity index (χ0) is 18.9. The maximum absolute atomic E-state index is 6.71. The highest BCUT2D eigenvalue weighted by Gasteiger charge is 2.74. The fourth-order valence-corrected chi connectivity index (χ4v) is 6.66. The van der Waals surface area contributed by atoms with E-state index < -0.39 is 29.2 Å². The van der Waals surface area contributed by atoms with E-state index in [9.17, 15) is 0 Å². The maximum atomic E-state index is 6.71. The third-order valence-corrected chi connectivity index (χ3v) is 11.6. The molecule has 2 aliphatic rings. The lowest BCUT2D eigenvalue weighted by Gasteiger charge is -2.55. The minimum atomic E-state index is -2.15. The van der Waals surface area contributed by atoms with Crippen molar-refractivity contribution in [1.82, 2.24) is 0 Å². The summed E-state index contributed by atoms with van der Waals surface area (Å²) in [6.07, 6.45) is 2.69. The van der Waals surface area contributed by atoms with Crippen LogP contribution in [0.5, 0.6) is 0 Å². The molecule has 0 aromatic carbocycles. The summed E-state index contributed by atoms with van der Waals surface area (Å²) in [6, 6.07) is 0. The first kappa shape index (κ1) is 23.0.